The molecule has 30 heavy (non-hydrogen) atoms. The summed E-state index contributed by atoms with van der Waals surface area (Å²) in [6.45, 7) is 2.05. The summed E-state index contributed by atoms with van der Waals surface area (Å²) in [5, 5.41) is 21.6. The van der Waals surface area contributed by atoms with Gasteiger partial charge in [-0.15, -0.1) is 15.3 Å². The molecule has 1 atom stereocenters. The Morgan fingerprint density at radius 3 is 2.40 bits per heavy atom. The Hall–Kier alpha value is -3.11. The molecule has 0 saturated heterocycles. The second-order valence-corrected chi connectivity index (χ2v) is 7.87. The summed E-state index contributed by atoms with van der Waals surface area (Å²) >= 11 is 1.48. The van der Waals surface area contributed by atoms with E-state index in [9.17, 15) is 4.39 Å². The second kappa shape index (κ2) is 8.72. The van der Waals surface area contributed by atoms with Crippen molar-refractivity contribution in [3.05, 3.63) is 72.1 Å². The lowest BCUT2D eigenvalue weighted by Crippen LogP contribution is -2.20. The van der Waals surface area contributed by atoms with Crippen LogP contribution in [0.3, 0.4) is 0 Å². The summed E-state index contributed by atoms with van der Waals surface area (Å²) in [6.07, 6.45) is 0. The van der Waals surface area contributed by atoms with Crippen LogP contribution < -0.4 is 0 Å². The van der Waals surface area contributed by atoms with Crippen LogP contribution in [0.2, 0.25) is 0 Å². The van der Waals surface area contributed by atoms with Crippen LogP contribution in [0.1, 0.15) is 24.6 Å². The van der Waals surface area contributed by atoms with E-state index >= 15 is 0 Å². The van der Waals surface area contributed by atoms with Crippen molar-refractivity contribution in [3.63, 3.8) is 0 Å². The molecule has 4 aromatic rings. The third kappa shape index (κ3) is 4.10. The first-order valence-electron chi connectivity index (χ1n) is 9.37. The van der Waals surface area contributed by atoms with E-state index in [0.717, 1.165) is 17.2 Å². The molecular formula is C20H21FN8S. The van der Waals surface area contributed by atoms with E-state index in [-0.39, 0.29) is 11.9 Å². The minimum atomic E-state index is -0.287. The van der Waals surface area contributed by atoms with E-state index in [1.165, 1.54) is 23.9 Å². The van der Waals surface area contributed by atoms with Gasteiger partial charge in [0.2, 0.25) is 0 Å². The van der Waals surface area contributed by atoms with Gasteiger partial charge in [-0.25, -0.2) is 4.39 Å². The topological polar surface area (TPSA) is 77.5 Å². The Bertz CT molecular complexity index is 1110. The van der Waals surface area contributed by atoms with Gasteiger partial charge in [-0.1, -0.05) is 30.0 Å². The molecule has 0 aliphatic carbocycles. The molecule has 0 N–H and O–H groups in total. The van der Waals surface area contributed by atoms with E-state index < -0.39 is 0 Å². The standard InChI is InChI=1S/C20H21FN8S/c1-14(27(2)3)19-23-24-20(28(19)16-11-9-15(21)10-12-16)30-13-18-22-25-26-29(18)17-7-5-4-6-8-17/h4-12,14H,13H2,1-3H3/t14-/m0/s1. The first kappa shape index (κ1) is 20.2. The number of hydrogen-bond acceptors (Lipinski definition) is 7. The number of halogens is 1. The van der Waals surface area contributed by atoms with Crippen molar-refractivity contribution in [2.24, 2.45) is 0 Å². The number of aromatic nitrogens is 7. The highest BCUT2D eigenvalue weighted by molar-refractivity contribution is 7.98. The fraction of sp³-hybridized carbons (Fsp3) is 0.250. The molecule has 0 aliphatic rings. The summed E-state index contributed by atoms with van der Waals surface area (Å²) < 4.78 is 17.1. The molecule has 4 rings (SSSR count). The van der Waals surface area contributed by atoms with Gasteiger partial charge in [0, 0.05) is 5.69 Å². The van der Waals surface area contributed by atoms with E-state index in [1.54, 1.807) is 16.8 Å². The normalized spacial score (nSPS) is 12.4. The molecule has 154 valence electrons. The van der Waals surface area contributed by atoms with Gasteiger partial charge in [0.05, 0.1) is 17.5 Å². The number of para-hydroxylation sites is 1. The Kier molecular flexibility index (Phi) is 5.86. The average Bonchev–Trinajstić information content (AvgIpc) is 3.40. The highest BCUT2D eigenvalue weighted by Crippen LogP contribution is 2.28. The molecule has 2 aromatic heterocycles. The van der Waals surface area contributed by atoms with E-state index in [1.807, 2.05) is 49.0 Å². The third-order valence-electron chi connectivity index (χ3n) is 4.76. The van der Waals surface area contributed by atoms with Gasteiger partial charge in [-0.05, 0) is 67.8 Å². The van der Waals surface area contributed by atoms with Crippen molar-refractivity contribution >= 4 is 11.8 Å². The highest BCUT2D eigenvalue weighted by atomic mass is 32.2. The molecule has 0 bridgehead atoms. The van der Waals surface area contributed by atoms with Crippen LogP contribution in [-0.4, -0.2) is 54.0 Å². The van der Waals surface area contributed by atoms with Crippen LogP contribution in [0.5, 0.6) is 0 Å². The van der Waals surface area contributed by atoms with Gasteiger partial charge >= 0.3 is 0 Å². The molecule has 2 aromatic carbocycles. The van der Waals surface area contributed by atoms with Crippen molar-refractivity contribution < 1.29 is 4.39 Å². The maximum Gasteiger partial charge on any atom is 0.196 e. The van der Waals surface area contributed by atoms with Gasteiger partial charge in [-0.3, -0.25) is 9.47 Å². The van der Waals surface area contributed by atoms with Crippen LogP contribution >= 0.6 is 11.8 Å². The Morgan fingerprint density at radius 2 is 1.70 bits per heavy atom. The van der Waals surface area contributed by atoms with Crippen molar-refractivity contribution in [3.8, 4) is 11.4 Å². The quantitative estimate of drug-likeness (QED) is 0.421. The maximum absolute atomic E-state index is 13.5. The minimum absolute atomic E-state index is 0.0199. The van der Waals surface area contributed by atoms with Crippen LogP contribution in [-0.2, 0) is 5.75 Å². The van der Waals surface area contributed by atoms with Gasteiger partial charge < -0.3 is 0 Å². The lowest BCUT2D eigenvalue weighted by Gasteiger charge is -2.20. The Morgan fingerprint density at radius 1 is 0.967 bits per heavy atom. The van der Waals surface area contributed by atoms with Gasteiger partial charge in [0.15, 0.2) is 16.8 Å². The molecule has 0 spiro atoms. The summed E-state index contributed by atoms with van der Waals surface area (Å²) in [4.78, 5) is 2.05. The molecule has 0 saturated carbocycles. The van der Waals surface area contributed by atoms with Gasteiger partial charge in [0.1, 0.15) is 5.82 Å². The summed E-state index contributed by atoms with van der Waals surface area (Å²) in [7, 11) is 3.96. The van der Waals surface area contributed by atoms with Crippen LogP contribution in [0.25, 0.3) is 11.4 Å². The average molecular weight is 425 g/mol. The molecule has 0 unspecified atom stereocenters. The Labute approximate surface area is 177 Å². The summed E-state index contributed by atoms with van der Waals surface area (Å²) in [5.74, 6) is 1.68. The van der Waals surface area contributed by atoms with Crippen molar-refractivity contribution in [2.45, 2.75) is 23.9 Å². The molecule has 0 amide bonds. The maximum atomic E-state index is 13.5. The molecule has 0 aliphatic heterocycles. The van der Waals surface area contributed by atoms with Crippen LogP contribution in [0, 0.1) is 5.82 Å². The zero-order valence-electron chi connectivity index (χ0n) is 16.8. The summed E-state index contributed by atoms with van der Waals surface area (Å²) in [6, 6.07) is 16.1. The fourth-order valence-electron chi connectivity index (χ4n) is 2.90. The smallest absolute Gasteiger partial charge is 0.196 e. The number of hydrogen-bond donors (Lipinski definition) is 0. The zero-order valence-corrected chi connectivity index (χ0v) is 17.7. The van der Waals surface area contributed by atoms with Crippen molar-refractivity contribution in [2.75, 3.05) is 14.1 Å². The number of nitrogens with zero attached hydrogens (tertiary/aromatic N) is 8. The number of thioether (sulfide) groups is 1. The minimum Gasteiger partial charge on any atom is -0.300 e. The van der Waals surface area contributed by atoms with Crippen LogP contribution in [0.4, 0.5) is 4.39 Å². The first-order valence-corrected chi connectivity index (χ1v) is 10.4. The second-order valence-electron chi connectivity index (χ2n) is 6.92. The predicted octanol–water partition coefficient (Wildman–Crippen LogP) is 3.30. The van der Waals surface area contributed by atoms with E-state index in [0.29, 0.717) is 16.7 Å². The SMILES string of the molecule is C[C@@H](c1nnc(SCc2nnnn2-c2ccccc2)n1-c1ccc(F)cc1)N(C)C. The molecule has 2 heterocycles. The number of benzene rings is 2. The van der Waals surface area contributed by atoms with Gasteiger partial charge in [0.25, 0.3) is 0 Å². The molecule has 0 fully saturated rings. The first-order chi connectivity index (χ1) is 14.5. The summed E-state index contributed by atoms with van der Waals surface area (Å²) in [5.41, 5.74) is 1.69. The van der Waals surface area contributed by atoms with Crippen LogP contribution in [0.15, 0.2) is 59.8 Å². The monoisotopic (exact) mass is 424 g/mol. The largest absolute Gasteiger partial charge is 0.300 e. The molecule has 8 nitrogen and oxygen atoms in total. The Balaban J connectivity index is 1.66. The van der Waals surface area contributed by atoms with E-state index in [2.05, 4.69) is 37.5 Å². The van der Waals surface area contributed by atoms with Crippen molar-refractivity contribution in [1.29, 1.82) is 0 Å². The highest BCUT2D eigenvalue weighted by Gasteiger charge is 2.21. The van der Waals surface area contributed by atoms with Crippen molar-refractivity contribution in [1.82, 2.24) is 39.9 Å². The lowest BCUT2D eigenvalue weighted by atomic mass is 10.2. The van der Waals surface area contributed by atoms with E-state index in [4.69, 9.17) is 0 Å². The molecule has 10 heteroatoms. The third-order valence-corrected chi connectivity index (χ3v) is 5.68. The number of rotatable bonds is 7. The fourth-order valence-corrected chi connectivity index (χ4v) is 3.77. The zero-order chi connectivity index (χ0) is 21.1. The van der Waals surface area contributed by atoms with Gasteiger partial charge in [-0.2, -0.15) is 4.68 Å². The molecule has 0 radical (unpaired) electrons. The molecular weight excluding hydrogens is 403 g/mol. The number of tetrazole rings is 1. The lowest BCUT2D eigenvalue weighted by molar-refractivity contribution is 0.305. The predicted molar refractivity (Wildman–Crippen MR) is 112 cm³/mol.